The molecule has 4 nitrogen and oxygen atoms in total. The zero-order valence-electron chi connectivity index (χ0n) is 6.80. The van der Waals surface area contributed by atoms with Gasteiger partial charge in [-0.3, -0.25) is 0 Å². The second-order valence-electron chi connectivity index (χ2n) is 1.96. The van der Waals surface area contributed by atoms with E-state index in [2.05, 4.69) is 0 Å². The fourth-order valence-electron chi connectivity index (χ4n) is 0.144. The lowest BCUT2D eigenvalue weighted by Gasteiger charge is -2.08. The van der Waals surface area contributed by atoms with Gasteiger partial charge in [-0.2, -0.15) is 13.2 Å². The van der Waals surface area contributed by atoms with Crippen molar-refractivity contribution < 1.29 is 31.2 Å². The molecule has 0 atom stereocenters. The molecule has 13 heavy (non-hydrogen) atoms. The Bertz CT molecular complexity index is 206. The third-order valence-corrected chi connectivity index (χ3v) is 1.35. The molecule has 82 valence electrons. The van der Waals surface area contributed by atoms with Crippen LogP contribution in [0.5, 0.6) is 0 Å². The Morgan fingerprint density at radius 1 is 1.31 bits per heavy atom. The van der Waals surface area contributed by atoms with Crippen LogP contribution >= 0.6 is 0 Å². The minimum atomic E-state index is -6.09. The molecule has 0 aromatic carbocycles. The largest absolute Gasteiger partial charge is 0.854 e. The molecule has 0 rings (SSSR count). The van der Waals surface area contributed by atoms with Gasteiger partial charge in [-0.05, 0) is 0 Å². The Labute approximate surface area is 74.1 Å². The van der Waals surface area contributed by atoms with Crippen molar-refractivity contribution in [3.8, 4) is 0 Å². The summed E-state index contributed by atoms with van der Waals surface area (Å²) in [6.07, 6.45) is 1.86. The van der Waals surface area contributed by atoms with Gasteiger partial charge < -0.3 is 9.66 Å². The van der Waals surface area contributed by atoms with Crippen LogP contribution in [0.1, 0.15) is 19.8 Å². The first-order chi connectivity index (χ1) is 5.66. The number of hydrogen-bond donors (Lipinski definition) is 0. The maximum Gasteiger partial charge on any atom is 0.485 e. The summed E-state index contributed by atoms with van der Waals surface area (Å²) in [4.78, 5) is 0. The molecule has 0 fully saturated rings. The molecule has 0 amide bonds. The van der Waals surface area contributed by atoms with E-state index in [4.69, 9.17) is 13.0 Å². The third kappa shape index (κ3) is 9.57. The van der Waals surface area contributed by atoms with E-state index in [-0.39, 0.29) is 6.61 Å². The Morgan fingerprint density at radius 3 is 1.62 bits per heavy atom. The molecule has 0 aliphatic carbocycles. The Kier molecular flexibility index (Phi) is 7.18. The summed E-state index contributed by atoms with van der Waals surface area (Å²) in [6, 6.07) is 0. The number of halogens is 3. The predicted octanol–water partition coefficient (Wildman–Crippen LogP) is 0.198. The van der Waals surface area contributed by atoms with Gasteiger partial charge >= 0.3 is 5.51 Å². The molecule has 0 aromatic heterocycles. The van der Waals surface area contributed by atoms with Crippen molar-refractivity contribution in [2.45, 2.75) is 25.3 Å². The summed E-state index contributed by atoms with van der Waals surface area (Å²) in [7, 11) is -6.09. The fourth-order valence-corrected chi connectivity index (χ4v) is 0.144. The Morgan fingerprint density at radius 2 is 1.62 bits per heavy atom. The quantitative estimate of drug-likeness (QED) is 0.493. The molecular formula is C5H9F3O4S-2. The molecular weight excluding hydrogens is 213 g/mol. The first-order valence-corrected chi connectivity index (χ1v) is 4.68. The van der Waals surface area contributed by atoms with Crippen molar-refractivity contribution in [1.29, 1.82) is 0 Å². The molecule has 0 aliphatic rings. The van der Waals surface area contributed by atoms with Crippen LogP contribution in [0.2, 0.25) is 0 Å². The van der Waals surface area contributed by atoms with Gasteiger partial charge in [-0.1, -0.05) is 19.8 Å². The number of unbranched alkanes of at least 4 members (excludes halogenated alkanes) is 1. The minimum Gasteiger partial charge on any atom is -0.854 e. The van der Waals surface area contributed by atoms with Crippen LogP contribution in [0.25, 0.3) is 0 Å². The smallest absolute Gasteiger partial charge is 0.485 e. The molecule has 0 N–H and O–H groups in total. The standard InChI is InChI=1S/C4H9O.CHF3O3S/c1-2-3-4-5;2-1(3,4)8(5,6)7/h2-4H2,1H3;(H,5,6,7)/q-1;/p-1. The van der Waals surface area contributed by atoms with Crippen molar-refractivity contribution >= 4 is 10.1 Å². The van der Waals surface area contributed by atoms with Gasteiger partial charge in [0.15, 0.2) is 10.1 Å². The van der Waals surface area contributed by atoms with E-state index in [1.54, 1.807) is 0 Å². The second-order valence-corrected chi connectivity index (χ2v) is 3.33. The molecule has 0 heterocycles. The third-order valence-electron chi connectivity index (χ3n) is 0.781. The van der Waals surface area contributed by atoms with Gasteiger partial charge in [0.1, 0.15) is 0 Å². The average molecular weight is 222 g/mol. The molecule has 0 aromatic rings. The van der Waals surface area contributed by atoms with Gasteiger partial charge in [-0.15, -0.1) is 6.61 Å². The summed E-state index contributed by atoms with van der Waals surface area (Å²) >= 11 is 0. The van der Waals surface area contributed by atoms with E-state index >= 15 is 0 Å². The summed E-state index contributed by atoms with van der Waals surface area (Å²) in [6.45, 7) is 2.11. The zero-order valence-corrected chi connectivity index (χ0v) is 7.61. The first kappa shape index (κ1) is 15.1. The molecule has 8 heteroatoms. The SMILES string of the molecule is CCCC[O-].O=S(=O)([O-])C(F)(F)F. The molecule has 0 saturated heterocycles. The molecule has 0 spiro atoms. The van der Waals surface area contributed by atoms with Crippen LogP contribution in [0.15, 0.2) is 0 Å². The molecule has 0 aliphatic heterocycles. The average Bonchev–Trinajstić information content (AvgIpc) is 1.85. The van der Waals surface area contributed by atoms with Gasteiger partial charge in [0.25, 0.3) is 0 Å². The lowest BCUT2D eigenvalue weighted by molar-refractivity contribution is -0.368. The Hall–Kier alpha value is -0.340. The minimum absolute atomic E-state index is 0.0938. The monoisotopic (exact) mass is 222 g/mol. The van der Waals surface area contributed by atoms with Gasteiger partial charge in [0, 0.05) is 0 Å². The molecule has 0 bridgehead atoms. The maximum atomic E-state index is 10.7. The maximum absolute atomic E-state index is 10.7. The van der Waals surface area contributed by atoms with Crippen molar-refractivity contribution in [3.63, 3.8) is 0 Å². The Balaban J connectivity index is 0. The van der Waals surface area contributed by atoms with Crippen molar-refractivity contribution in [2.75, 3.05) is 6.61 Å². The number of alkyl halides is 3. The first-order valence-electron chi connectivity index (χ1n) is 3.27. The topological polar surface area (TPSA) is 80.3 Å². The zero-order chi connectivity index (χ0) is 11.1. The van der Waals surface area contributed by atoms with Crippen molar-refractivity contribution in [1.82, 2.24) is 0 Å². The lowest BCUT2D eigenvalue weighted by atomic mass is 10.4. The highest BCUT2D eigenvalue weighted by Gasteiger charge is 2.36. The van der Waals surface area contributed by atoms with Crippen molar-refractivity contribution in [3.05, 3.63) is 0 Å². The molecule has 0 saturated carbocycles. The lowest BCUT2D eigenvalue weighted by Crippen LogP contribution is -2.21. The molecule has 0 unspecified atom stereocenters. The van der Waals surface area contributed by atoms with Crippen LogP contribution in [0, 0.1) is 0 Å². The summed E-state index contributed by atoms with van der Waals surface area (Å²) in [5.41, 5.74) is -5.65. The van der Waals surface area contributed by atoms with E-state index in [9.17, 15) is 18.3 Å². The number of rotatable bonds is 2. The van der Waals surface area contributed by atoms with Crippen LogP contribution in [-0.4, -0.2) is 25.1 Å². The summed E-state index contributed by atoms with van der Waals surface area (Å²) in [5, 5.41) is 9.53. The highest BCUT2D eigenvalue weighted by atomic mass is 32.2. The van der Waals surface area contributed by atoms with Crippen LogP contribution in [0.3, 0.4) is 0 Å². The van der Waals surface area contributed by atoms with Crippen LogP contribution in [0.4, 0.5) is 13.2 Å². The number of hydrogen-bond acceptors (Lipinski definition) is 4. The van der Waals surface area contributed by atoms with Crippen LogP contribution < -0.4 is 5.11 Å². The van der Waals surface area contributed by atoms with Gasteiger partial charge in [0.2, 0.25) is 0 Å². The van der Waals surface area contributed by atoms with Gasteiger partial charge in [0.05, 0.1) is 0 Å². The van der Waals surface area contributed by atoms with E-state index in [1.165, 1.54) is 0 Å². The predicted molar refractivity (Wildman–Crippen MR) is 35.5 cm³/mol. The molecule has 0 radical (unpaired) electrons. The van der Waals surface area contributed by atoms with E-state index < -0.39 is 15.6 Å². The normalized spacial score (nSPS) is 11.8. The highest BCUT2D eigenvalue weighted by molar-refractivity contribution is 7.86. The van der Waals surface area contributed by atoms with E-state index in [1.807, 2.05) is 6.92 Å². The van der Waals surface area contributed by atoms with Crippen LogP contribution in [-0.2, 0) is 10.1 Å². The second kappa shape index (κ2) is 6.17. The van der Waals surface area contributed by atoms with E-state index in [0.717, 1.165) is 12.8 Å². The van der Waals surface area contributed by atoms with Gasteiger partial charge in [-0.25, -0.2) is 8.42 Å². The van der Waals surface area contributed by atoms with Crippen molar-refractivity contribution in [2.24, 2.45) is 0 Å². The highest BCUT2D eigenvalue weighted by Crippen LogP contribution is 2.20. The summed E-state index contributed by atoms with van der Waals surface area (Å²) < 4.78 is 58.9. The van der Waals surface area contributed by atoms with E-state index in [0.29, 0.717) is 0 Å². The summed E-state index contributed by atoms with van der Waals surface area (Å²) in [5.74, 6) is 0. The fraction of sp³-hybridized carbons (Fsp3) is 1.00.